The topological polar surface area (TPSA) is 52.6 Å². The molecule has 2 N–H and O–H groups in total. The van der Waals surface area contributed by atoms with Gasteiger partial charge in [0, 0.05) is 30.2 Å². The van der Waals surface area contributed by atoms with Crippen LogP contribution < -0.4 is 10.6 Å². The van der Waals surface area contributed by atoms with Crippen LogP contribution in [0.15, 0.2) is 11.2 Å². The van der Waals surface area contributed by atoms with Crippen molar-refractivity contribution in [2.45, 2.75) is 65.5 Å². The fraction of sp³-hybridized carbons (Fsp3) is 0.778. The number of likely N-dealkylation sites (tertiary alicyclic amines) is 1. The third kappa shape index (κ3) is 6.77. The first-order valence-corrected chi connectivity index (χ1v) is 10.2. The summed E-state index contributed by atoms with van der Waals surface area (Å²) in [5, 5.41) is 7.83. The van der Waals surface area contributed by atoms with Gasteiger partial charge in [-0.3, -0.25) is 0 Å². The van der Waals surface area contributed by atoms with Gasteiger partial charge < -0.3 is 15.5 Å². The Hall–Kier alpha value is -1.14. The van der Waals surface area contributed by atoms with E-state index in [4.69, 9.17) is 0 Å². The molecular formula is C18H33N5S. The molecule has 1 atom stereocenters. The molecule has 1 fully saturated rings. The van der Waals surface area contributed by atoms with Gasteiger partial charge in [0.2, 0.25) is 0 Å². The smallest absolute Gasteiger partial charge is 0.191 e. The minimum absolute atomic E-state index is 0.652. The van der Waals surface area contributed by atoms with Gasteiger partial charge in [-0.15, -0.1) is 11.3 Å². The molecule has 1 unspecified atom stereocenters. The number of aromatic nitrogens is 1. The SMILES string of the molecule is CCNC(=NCc1ncc(C)s1)NCCCCN1CCCCC1C. The van der Waals surface area contributed by atoms with E-state index in [0.717, 1.165) is 30.1 Å². The fourth-order valence-electron chi connectivity index (χ4n) is 3.10. The second-order valence-corrected chi connectivity index (χ2v) is 7.89. The van der Waals surface area contributed by atoms with Crippen molar-refractivity contribution in [1.82, 2.24) is 20.5 Å². The highest BCUT2D eigenvalue weighted by molar-refractivity contribution is 7.11. The Morgan fingerprint density at radius 3 is 2.96 bits per heavy atom. The molecule has 1 aromatic heterocycles. The lowest BCUT2D eigenvalue weighted by molar-refractivity contribution is 0.158. The van der Waals surface area contributed by atoms with Gasteiger partial charge in [-0.25, -0.2) is 9.98 Å². The largest absolute Gasteiger partial charge is 0.357 e. The predicted octanol–water partition coefficient (Wildman–Crippen LogP) is 3.16. The standard InChI is InChI=1S/C18H33N5S/c1-4-19-18(22-14-17-21-13-16(3)24-17)20-10-6-8-12-23-11-7-5-9-15(23)2/h13,15H,4-12,14H2,1-3H3,(H2,19,20,22). The first-order chi connectivity index (χ1) is 11.7. The van der Waals surface area contributed by atoms with Crippen molar-refractivity contribution in [2.75, 3.05) is 26.2 Å². The zero-order chi connectivity index (χ0) is 17.2. The molecule has 1 aliphatic heterocycles. The van der Waals surface area contributed by atoms with Gasteiger partial charge in [-0.1, -0.05) is 6.42 Å². The summed E-state index contributed by atoms with van der Waals surface area (Å²) >= 11 is 1.72. The maximum Gasteiger partial charge on any atom is 0.191 e. The number of aliphatic imine (C=N–C) groups is 1. The third-order valence-electron chi connectivity index (χ3n) is 4.49. The van der Waals surface area contributed by atoms with E-state index in [2.05, 4.69) is 46.3 Å². The van der Waals surface area contributed by atoms with Crippen LogP contribution in [-0.4, -0.2) is 48.1 Å². The Morgan fingerprint density at radius 2 is 2.25 bits per heavy atom. The summed E-state index contributed by atoms with van der Waals surface area (Å²) in [7, 11) is 0. The molecule has 0 aliphatic carbocycles. The van der Waals surface area contributed by atoms with E-state index in [1.54, 1.807) is 11.3 Å². The molecule has 0 aromatic carbocycles. The van der Waals surface area contributed by atoms with Crippen LogP contribution in [0.5, 0.6) is 0 Å². The Morgan fingerprint density at radius 1 is 1.38 bits per heavy atom. The highest BCUT2D eigenvalue weighted by atomic mass is 32.1. The van der Waals surface area contributed by atoms with Crippen molar-refractivity contribution in [3.8, 4) is 0 Å². The van der Waals surface area contributed by atoms with E-state index in [-0.39, 0.29) is 0 Å². The van der Waals surface area contributed by atoms with Gasteiger partial charge in [-0.2, -0.15) is 0 Å². The summed E-state index contributed by atoms with van der Waals surface area (Å²) in [6, 6.07) is 0.771. The molecule has 1 aliphatic rings. The lowest BCUT2D eigenvalue weighted by Crippen LogP contribution is -2.39. The van der Waals surface area contributed by atoms with E-state index < -0.39 is 0 Å². The molecule has 0 saturated carbocycles. The molecule has 6 heteroatoms. The van der Waals surface area contributed by atoms with Crippen molar-refractivity contribution in [2.24, 2.45) is 4.99 Å². The number of hydrogen-bond donors (Lipinski definition) is 2. The second-order valence-electron chi connectivity index (χ2n) is 6.57. The summed E-state index contributed by atoms with van der Waals surface area (Å²) in [6.07, 6.45) is 8.49. The molecule has 1 aromatic rings. The van der Waals surface area contributed by atoms with Crippen LogP contribution in [0.25, 0.3) is 0 Å². The van der Waals surface area contributed by atoms with Crippen LogP contribution in [0, 0.1) is 6.92 Å². The second kappa shape index (κ2) is 10.7. The van der Waals surface area contributed by atoms with Crippen molar-refractivity contribution in [1.29, 1.82) is 0 Å². The Kier molecular flexibility index (Phi) is 8.53. The van der Waals surface area contributed by atoms with Crippen molar-refractivity contribution in [3.05, 3.63) is 16.1 Å². The minimum atomic E-state index is 0.652. The van der Waals surface area contributed by atoms with Gasteiger partial charge in [0.1, 0.15) is 5.01 Å². The predicted molar refractivity (Wildman–Crippen MR) is 104 cm³/mol. The summed E-state index contributed by atoms with van der Waals surface area (Å²) in [5.41, 5.74) is 0. The van der Waals surface area contributed by atoms with E-state index in [0.29, 0.717) is 6.54 Å². The average molecular weight is 352 g/mol. The van der Waals surface area contributed by atoms with Crippen LogP contribution >= 0.6 is 11.3 Å². The molecule has 0 radical (unpaired) electrons. The van der Waals surface area contributed by atoms with E-state index in [1.807, 2.05) is 6.20 Å². The summed E-state index contributed by atoms with van der Waals surface area (Å²) in [6.45, 7) is 11.6. The molecular weight excluding hydrogens is 318 g/mol. The number of thiazole rings is 1. The van der Waals surface area contributed by atoms with E-state index in [9.17, 15) is 0 Å². The number of unbranched alkanes of at least 4 members (excludes halogenated alkanes) is 1. The summed E-state index contributed by atoms with van der Waals surface area (Å²) < 4.78 is 0. The Balaban J connectivity index is 1.65. The number of piperidine rings is 1. The molecule has 2 rings (SSSR count). The number of aryl methyl sites for hydroxylation is 1. The lowest BCUT2D eigenvalue weighted by Gasteiger charge is -2.33. The van der Waals surface area contributed by atoms with Gasteiger partial charge in [0.15, 0.2) is 5.96 Å². The van der Waals surface area contributed by atoms with Gasteiger partial charge in [0.05, 0.1) is 6.54 Å². The molecule has 5 nitrogen and oxygen atoms in total. The molecule has 0 bridgehead atoms. The third-order valence-corrected chi connectivity index (χ3v) is 5.39. The summed E-state index contributed by atoms with van der Waals surface area (Å²) in [5.74, 6) is 0.900. The first-order valence-electron chi connectivity index (χ1n) is 9.36. The van der Waals surface area contributed by atoms with Crippen molar-refractivity contribution < 1.29 is 0 Å². The zero-order valence-corrected chi connectivity index (χ0v) is 16.3. The maximum atomic E-state index is 4.63. The number of hydrogen-bond acceptors (Lipinski definition) is 4. The molecule has 136 valence electrons. The van der Waals surface area contributed by atoms with Crippen molar-refractivity contribution >= 4 is 17.3 Å². The number of nitrogens with one attached hydrogen (secondary N) is 2. The van der Waals surface area contributed by atoms with Crippen LogP contribution in [0.4, 0.5) is 0 Å². The van der Waals surface area contributed by atoms with Gasteiger partial charge in [-0.05, 0) is 59.5 Å². The molecule has 2 heterocycles. The van der Waals surface area contributed by atoms with E-state index >= 15 is 0 Å². The van der Waals surface area contributed by atoms with Crippen LogP contribution in [0.3, 0.4) is 0 Å². The number of guanidine groups is 1. The van der Waals surface area contributed by atoms with Crippen LogP contribution in [0.1, 0.15) is 55.8 Å². The number of nitrogens with zero attached hydrogens (tertiary/aromatic N) is 3. The molecule has 0 amide bonds. The molecule has 1 saturated heterocycles. The highest BCUT2D eigenvalue weighted by Gasteiger charge is 2.16. The van der Waals surface area contributed by atoms with Gasteiger partial charge in [0.25, 0.3) is 0 Å². The molecule has 0 spiro atoms. The Bertz CT molecular complexity index is 499. The zero-order valence-electron chi connectivity index (χ0n) is 15.5. The average Bonchev–Trinajstić information content (AvgIpc) is 2.99. The lowest BCUT2D eigenvalue weighted by atomic mass is 10.0. The first kappa shape index (κ1) is 19.2. The van der Waals surface area contributed by atoms with Crippen LogP contribution in [-0.2, 0) is 6.54 Å². The van der Waals surface area contributed by atoms with Crippen LogP contribution in [0.2, 0.25) is 0 Å². The monoisotopic (exact) mass is 351 g/mol. The highest BCUT2D eigenvalue weighted by Crippen LogP contribution is 2.16. The summed E-state index contributed by atoms with van der Waals surface area (Å²) in [4.78, 5) is 12.9. The Labute approximate surface area is 151 Å². The minimum Gasteiger partial charge on any atom is -0.357 e. The normalized spacial score (nSPS) is 19.5. The quantitative estimate of drug-likeness (QED) is 0.429. The maximum absolute atomic E-state index is 4.63. The van der Waals surface area contributed by atoms with E-state index in [1.165, 1.54) is 50.1 Å². The van der Waals surface area contributed by atoms with Crippen molar-refractivity contribution in [3.63, 3.8) is 0 Å². The fourth-order valence-corrected chi connectivity index (χ4v) is 3.81. The number of rotatable bonds is 8. The van der Waals surface area contributed by atoms with Gasteiger partial charge >= 0.3 is 0 Å². The molecule has 24 heavy (non-hydrogen) atoms.